The fourth-order valence-electron chi connectivity index (χ4n) is 2.20. The van der Waals surface area contributed by atoms with E-state index in [0.717, 1.165) is 5.56 Å². The predicted octanol–water partition coefficient (Wildman–Crippen LogP) is 1.46. The molecule has 0 saturated heterocycles. The molecule has 3 N–H and O–H groups in total. The number of hydrogen-bond acceptors (Lipinski definition) is 3. The van der Waals surface area contributed by atoms with Gasteiger partial charge in [0.1, 0.15) is 0 Å². The highest BCUT2D eigenvalue weighted by molar-refractivity contribution is 6.02. The monoisotopic (exact) mass is 276 g/mol. The quantitative estimate of drug-likeness (QED) is 0.762. The molecule has 1 heterocycles. The number of rotatable bonds is 5. The third kappa shape index (κ3) is 2.99. The lowest BCUT2D eigenvalue weighted by Gasteiger charge is -2.25. The van der Waals surface area contributed by atoms with Gasteiger partial charge in [-0.3, -0.25) is 9.59 Å². The van der Waals surface area contributed by atoms with Gasteiger partial charge in [-0.15, -0.1) is 0 Å². The molecule has 0 unspecified atom stereocenters. The van der Waals surface area contributed by atoms with Gasteiger partial charge in [-0.2, -0.15) is 0 Å². The fourth-order valence-corrected chi connectivity index (χ4v) is 2.20. The maximum absolute atomic E-state index is 12.1. The van der Waals surface area contributed by atoms with Crippen molar-refractivity contribution in [3.8, 4) is 0 Å². The Morgan fingerprint density at radius 2 is 2.10 bits per heavy atom. The number of aliphatic hydroxyl groups is 1. The Kier molecular flexibility index (Phi) is 4.09. The number of hydrogen-bond donors (Lipinski definition) is 3. The second-order valence-corrected chi connectivity index (χ2v) is 5.21. The van der Waals surface area contributed by atoms with Crippen molar-refractivity contribution in [1.29, 1.82) is 0 Å². The van der Waals surface area contributed by atoms with Crippen LogP contribution >= 0.6 is 0 Å². The molecule has 5 nitrogen and oxygen atoms in total. The van der Waals surface area contributed by atoms with E-state index in [1.165, 1.54) is 0 Å². The standard InChI is InChI=1S/C15H20N2O3/c1-3-15(20,4-2)9-16-14(19)11-6-5-10-8-13(18)17-12(10)7-11/h5-7,20H,3-4,8-9H2,1-2H3,(H,16,19)(H,17,18). The van der Waals surface area contributed by atoms with Crippen LogP contribution in [0.4, 0.5) is 5.69 Å². The first-order chi connectivity index (χ1) is 9.47. The lowest BCUT2D eigenvalue weighted by atomic mass is 9.97. The Balaban J connectivity index is 2.04. The van der Waals surface area contributed by atoms with E-state index < -0.39 is 5.60 Å². The number of fused-ring (bicyclic) bond motifs is 1. The Hall–Kier alpha value is -1.88. The summed E-state index contributed by atoms with van der Waals surface area (Å²) < 4.78 is 0. The topological polar surface area (TPSA) is 78.4 Å². The number of carbonyl (C=O) groups is 2. The molecule has 1 aromatic rings. The van der Waals surface area contributed by atoms with Gasteiger partial charge in [0.25, 0.3) is 5.91 Å². The van der Waals surface area contributed by atoms with Crippen LogP contribution in [0.2, 0.25) is 0 Å². The van der Waals surface area contributed by atoms with E-state index in [9.17, 15) is 14.7 Å². The molecule has 2 amide bonds. The third-order valence-corrected chi connectivity index (χ3v) is 3.89. The van der Waals surface area contributed by atoms with Gasteiger partial charge in [0.15, 0.2) is 0 Å². The van der Waals surface area contributed by atoms with E-state index in [1.54, 1.807) is 18.2 Å². The largest absolute Gasteiger partial charge is 0.388 e. The van der Waals surface area contributed by atoms with Crippen LogP contribution in [0.3, 0.4) is 0 Å². The zero-order chi connectivity index (χ0) is 14.8. The van der Waals surface area contributed by atoms with Crippen LogP contribution in [-0.4, -0.2) is 29.1 Å². The molecule has 0 atom stereocenters. The number of nitrogens with one attached hydrogen (secondary N) is 2. The van der Waals surface area contributed by atoms with E-state index >= 15 is 0 Å². The molecule has 0 spiro atoms. The molecule has 2 rings (SSSR count). The van der Waals surface area contributed by atoms with Crippen molar-refractivity contribution in [3.63, 3.8) is 0 Å². The Morgan fingerprint density at radius 1 is 1.40 bits per heavy atom. The van der Waals surface area contributed by atoms with Crippen LogP contribution in [0.25, 0.3) is 0 Å². The summed E-state index contributed by atoms with van der Waals surface area (Å²) in [5, 5.41) is 15.6. The van der Waals surface area contributed by atoms with Crippen molar-refractivity contribution in [2.75, 3.05) is 11.9 Å². The molecule has 20 heavy (non-hydrogen) atoms. The second-order valence-electron chi connectivity index (χ2n) is 5.21. The van der Waals surface area contributed by atoms with E-state index in [4.69, 9.17) is 0 Å². The van der Waals surface area contributed by atoms with Gasteiger partial charge < -0.3 is 15.7 Å². The molecule has 108 valence electrons. The highest BCUT2D eigenvalue weighted by atomic mass is 16.3. The molecule has 1 aliphatic rings. The van der Waals surface area contributed by atoms with Gasteiger partial charge in [0.05, 0.1) is 12.0 Å². The van der Waals surface area contributed by atoms with Gasteiger partial charge in [0, 0.05) is 17.8 Å². The molecular formula is C15H20N2O3. The molecular weight excluding hydrogens is 256 g/mol. The summed E-state index contributed by atoms with van der Waals surface area (Å²) in [6.07, 6.45) is 1.54. The lowest BCUT2D eigenvalue weighted by molar-refractivity contribution is -0.115. The maximum Gasteiger partial charge on any atom is 0.251 e. The van der Waals surface area contributed by atoms with Crippen LogP contribution in [0, 0.1) is 0 Å². The smallest absolute Gasteiger partial charge is 0.251 e. The molecule has 0 radical (unpaired) electrons. The van der Waals surface area contributed by atoms with Crippen molar-refractivity contribution in [2.24, 2.45) is 0 Å². The molecule has 0 bridgehead atoms. The summed E-state index contributed by atoms with van der Waals surface area (Å²) in [6, 6.07) is 5.16. The minimum absolute atomic E-state index is 0.0519. The van der Waals surface area contributed by atoms with Crippen molar-refractivity contribution < 1.29 is 14.7 Å². The first kappa shape index (κ1) is 14.5. The Labute approximate surface area is 118 Å². The summed E-state index contributed by atoms with van der Waals surface area (Å²) in [5.41, 5.74) is 1.23. The number of benzene rings is 1. The van der Waals surface area contributed by atoms with Crippen LogP contribution in [-0.2, 0) is 11.2 Å². The second kappa shape index (κ2) is 5.63. The molecule has 0 aliphatic carbocycles. The Morgan fingerprint density at radius 3 is 2.75 bits per heavy atom. The van der Waals surface area contributed by atoms with Gasteiger partial charge in [-0.05, 0) is 30.5 Å². The summed E-state index contributed by atoms with van der Waals surface area (Å²) in [5.74, 6) is -0.293. The van der Waals surface area contributed by atoms with Gasteiger partial charge >= 0.3 is 0 Å². The third-order valence-electron chi connectivity index (χ3n) is 3.89. The van der Waals surface area contributed by atoms with E-state index in [0.29, 0.717) is 30.5 Å². The van der Waals surface area contributed by atoms with Gasteiger partial charge in [-0.25, -0.2) is 0 Å². The number of amides is 2. The lowest BCUT2D eigenvalue weighted by Crippen LogP contribution is -2.42. The maximum atomic E-state index is 12.1. The number of carbonyl (C=O) groups excluding carboxylic acids is 2. The first-order valence-corrected chi connectivity index (χ1v) is 6.91. The van der Waals surface area contributed by atoms with Crippen LogP contribution in [0.1, 0.15) is 42.6 Å². The SMILES string of the molecule is CCC(O)(CC)CNC(=O)c1ccc2c(c1)NC(=O)C2. The van der Waals surface area contributed by atoms with Gasteiger partial charge in [-0.1, -0.05) is 19.9 Å². The van der Waals surface area contributed by atoms with Crippen LogP contribution in [0.5, 0.6) is 0 Å². The molecule has 5 heteroatoms. The summed E-state index contributed by atoms with van der Waals surface area (Å²) >= 11 is 0. The summed E-state index contributed by atoms with van der Waals surface area (Å²) in [6.45, 7) is 4.00. The first-order valence-electron chi connectivity index (χ1n) is 6.91. The van der Waals surface area contributed by atoms with Crippen LogP contribution in [0.15, 0.2) is 18.2 Å². The van der Waals surface area contributed by atoms with E-state index in [1.807, 2.05) is 13.8 Å². The van der Waals surface area contributed by atoms with Crippen molar-refractivity contribution in [2.45, 2.75) is 38.7 Å². The predicted molar refractivity (Wildman–Crippen MR) is 76.6 cm³/mol. The highest BCUT2D eigenvalue weighted by Crippen LogP contribution is 2.24. The Bertz CT molecular complexity index is 536. The fraction of sp³-hybridized carbons (Fsp3) is 0.467. The average Bonchev–Trinajstić information content (AvgIpc) is 2.83. The summed E-state index contributed by atoms with van der Waals surface area (Å²) in [7, 11) is 0. The molecule has 0 saturated carbocycles. The van der Waals surface area contributed by atoms with Gasteiger partial charge in [0.2, 0.25) is 5.91 Å². The molecule has 0 aromatic heterocycles. The minimum Gasteiger partial charge on any atom is -0.388 e. The van der Waals surface area contributed by atoms with Crippen LogP contribution < -0.4 is 10.6 Å². The molecule has 1 aromatic carbocycles. The zero-order valence-corrected chi connectivity index (χ0v) is 11.8. The zero-order valence-electron chi connectivity index (χ0n) is 11.8. The summed E-state index contributed by atoms with van der Waals surface area (Å²) in [4.78, 5) is 23.3. The van der Waals surface area contributed by atoms with E-state index in [-0.39, 0.29) is 18.4 Å². The normalized spacial score (nSPS) is 13.8. The van der Waals surface area contributed by atoms with E-state index in [2.05, 4.69) is 10.6 Å². The highest BCUT2D eigenvalue weighted by Gasteiger charge is 2.24. The average molecular weight is 276 g/mol. The molecule has 0 fully saturated rings. The van der Waals surface area contributed by atoms with Crippen molar-refractivity contribution in [3.05, 3.63) is 29.3 Å². The minimum atomic E-state index is -0.861. The molecule has 1 aliphatic heterocycles. The number of anilines is 1. The van der Waals surface area contributed by atoms with Crippen molar-refractivity contribution >= 4 is 17.5 Å². The van der Waals surface area contributed by atoms with Crippen molar-refractivity contribution in [1.82, 2.24) is 5.32 Å².